The fraction of sp³-hybridized carbons (Fsp3) is 0.176. The maximum atomic E-state index is 11.8. The highest BCUT2D eigenvalue weighted by atomic mass is 79.9. The van der Waals surface area contributed by atoms with E-state index in [1.54, 1.807) is 6.07 Å². The third kappa shape index (κ3) is 5.03. The summed E-state index contributed by atoms with van der Waals surface area (Å²) in [4.78, 5) is 22.0. The number of hydrogen-bond donors (Lipinski definition) is 2. The first-order valence-electron chi connectivity index (χ1n) is 7.47. The smallest absolute Gasteiger partial charge is 0.277 e. The van der Waals surface area contributed by atoms with E-state index < -0.39 is 10.8 Å². The van der Waals surface area contributed by atoms with Gasteiger partial charge < -0.3 is 9.84 Å². The molecule has 2 rings (SSSR count). The summed E-state index contributed by atoms with van der Waals surface area (Å²) in [5, 5.41) is 24.4. The normalized spacial score (nSPS) is 10.7. The zero-order valence-electron chi connectivity index (χ0n) is 14.0. The average molecular weight is 422 g/mol. The minimum Gasteiger partial charge on any atom is -0.506 e. The van der Waals surface area contributed by atoms with Crippen molar-refractivity contribution in [2.45, 2.75) is 13.8 Å². The van der Waals surface area contributed by atoms with Gasteiger partial charge in [-0.15, -0.1) is 0 Å². The van der Waals surface area contributed by atoms with Crippen LogP contribution in [0.3, 0.4) is 0 Å². The number of rotatable bonds is 6. The number of phenols is 1. The zero-order chi connectivity index (χ0) is 19.3. The van der Waals surface area contributed by atoms with Gasteiger partial charge in [-0.1, -0.05) is 17.7 Å². The first-order chi connectivity index (χ1) is 12.3. The quantitative estimate of drug-likeness (QED) is 0.422. The first-order valence-corrected chi connectivity index (χ1v) is 8.26. The lowest BCUT2D eigenvalue weighted by Gasteiger charge is -2.08. The van der Waals surface area contributed by atoms with Crippen molar-refractivity contribution < 1.29 is 19.6 Å². The van der Waals surface area contributed by atoms with Gasteiger partial charge in [0.25, 0.3) is 11.6 Å². The number of carbonyl (C=O) groups is 1. The Labute approximate surface area is 157 Å². The van der Waals surface area contributed by atoms with Gasteiger partial charge in [-0.3, -0.25) is 14.9 Å². The summed E-state index contributed by atoms with van der Waals surface area (Å²) in [7, 11) is 0. The number of halogens is 1. The number of ether oxygens (including phenoxy) is 1. The van der Waals surface area contributed by atoms with Gasteiger partial charge in [-0.25, -0.2) is 5.43 Å². The molecule has 2 N–H and O–H groups in total. The summed E-state index contributed by atoms with van der Waals surface area (Å²) in [5.41, 5.74) is 4.10. The highest BCUT2D eigenvalue weighted by Crippen LogP contribution is 2.31. The van der Waals surface area contributed by atoms with Crippen LogP contribution < -0.4 is 10.2 Å². The molecule has 9 heteroatoms. The number of aryl methyl sites for hydroxylation is 2. The van der Waals surface area contributed by atoms with Gasteiger partial charge in [0.05, 0.1) is 15.6 Å². The van der Waals surface area contributed by atoms with Crippen LogP contribution in [0.25, 0.3) is 0 Å². The molecule has 2 aromatic carbocycles. The molecular weight excluding hydrogens is 406 g/mol. The average Bonchev–Trinajstić information content (AvgIpc) is 2.57. The molecule has 26 heavy (non-hydrogen) atoms. The lowest BCUT2D eigenvalue weighted by molar-refractivity contribution is -0.385. The lowest BCUT2D eigenvalue weighted by atomic mass is 10.1. The van der Waals surface area contributed by atoms with E-state index in [9.17, 15) is 20.0 Å². The van der Waals surface area contributed by atoms with Crippen molar-refractivity contribution in [3.8, 4) is 11.5 Å². The van der Waals surface area contributed by atoms with Crippen LogP contribution in [-0.4, -0.2) is 28.8 Å². The van der Waals surface area contributed by atoms with E-state index in [4.69, 9.17) is 4.74 Å². The maximum Gasteiger partial charge on any atom is 0.277 e. The number of nitrogens with zero attached hydrogens (tertiary/aromatic N) is 2. The van der Waals surface area contributed by atoms with E-state index in [1.165, 1.54) is 6.07 Å². The van der Waals surface area contributed by atoms with Crippen LogP contribution in [-0.2, 0) is 4.79 Å². The fourth-order valence-electron chi connectivity index (χ4n) is 2.12. The van der Waals surface area contributed by atoms with Crippen LogP contribution in [0.4, 0.5) is 5.69 Å². The third-order valence-corrected chi connectivity index (χ3v) is 3.98. The van der Waals surface area contributed by atoms with Gasteiger partial charge in [-0.2, -0.15) is 5.10 Å². The molecule has 2 aromatic rings. The van der Waals surface area contributed by atoms with Crippen LogP contribution >= 0.6 is 15.9 Å². The molecule has 0 aliphatic rings. The molecule has 0 spiro atoms. The summed E-state index contributed by atoms with van der Waals surface area (Å²) in [5.74, 6) is -0.139. The van der Waals surface area contributed by atoms with Crippen LogP contribution in [0.1, 0.15) is 16.7 Å². The lowest BCUT2D eigenvalue weighted by Crippen LogP contribution is -2.24. The van der Waals surface area contributed by atoms with Crippen molar-refractivity contribution in [3.05, 3.63) is 61.6 Å². The molecule has 0 heterocycles. The highest BCUT2D eigenvalue weighted by molar-refractivity contribution is 9.10. The Morgan fingerprint density at radius 1 is 1.38 bits per heavy atom. The van der Waals surface area contributed by atoms with Crippen molar-refractivity contribution in [2.24, 2.45) is 5.10 Å². The Bertz CT molecular complexity index is 883. The number of benzene rings is 2. The molecule has 0 bridgehead atoms. The van der Waals surface area contributed by atoms with E-state index in [0.717, 1.165) is 23.4 Å². The van der Waals surface area contributed by atoms with Crippen LogP contribution in [0.2, 0.25) is 0 Å². The molecule has 0 fully saturated rings. The monoisotopic (exact) mass is 421 g/mol. The Hall–Kier alpha value is -2.94. The Morgan fingerprint density at radius 2 is 2.12 bits per heavy atom. The standard InChI is InChI=1S/C17H16BrN3O5/c1-10-3-4-15(11(2)5-10)26-9-16(22)20-19-8-12-6-13(21(24)25)7-14(18)17(12)23/h3-8,23H,9H2,1-2H3,(H,20,22). The zero-order valence-corrected chi connectivity index (χ0v) is 15.6. The SMILES string of the molecule is Cc1ccc(OCC(=O)NN=Cc2cc([N+](=O)[O-])cc(Br)c2O)c(C)c1. The summed E-state index contributed by atoms with van der Waals surface area (Å²) in [6.07, 6.45) is 1.11. The predicted molar refractivity (Wildman–Crippen MR) is 99.6 cm³/mol. The van der Waals surface area contributed by atoms with Crippen molar-refractivity contribution in [3.63, 3.8) is 0 Å². The molecular formula is C17H16BrN3O5. The van der Waals surface area contributed by atoms with Gasteiger partial charge in [-0.05, 0) is 41.4 Å². The van der Waals surface area contributed by atoms with E-state index in [-0.39, 0.29) is 28.1 Å². The number of non-ortho nitro benzene ring substituents is 1. The summed E-state index contributed by atoms with van der Waals surface area (Å²) >= 11 is 3.03. The molecule has 8 nitrogen and oxygen atoms in total. The number of phenolic OH excluding ortho intramolecular Hbond substituents is 1. The van der Waals surface area contributed by atoms with Gasteiger partial charge >= 0.3 is 0 Å². The van der Waals surface area contributed by atoms with E-state index in [2.05, 4.69) is 26.5 Å². The number of nitrogens with one attached hydrogen (secondary N) is 1. The molecule has 0 saturated carbocycles. The number of hydrogen-bond acceptors (Lipinski definition) is 6. The van der Waals surface area contributed by atoms with E-state index in [1.807, 2.05) is 26.0 Å². The Kier molecular flexibility index (Phi) is 6.29. The van der Waals surface area contributed by atoms with Crippen molar-refractivity contribution in [2.75, 3.05) is 6.61 Å². The second-order valence-electron chi connectivity index (χ2n) is 5.47. The third-order valence-electron chi connectivity index (χ3n) is 3.37. The summed E-state index contributed by atoms with van der Waals surface area (Å²) in [6.45, 7) is 3.59. The Morgan fingerprint density at radius 3 is 2.77 bits per heavy atom. The van der Waals surface area contributed by atoms with Crippen LogP contribution in [0.15, 0.2) is 39.9 Å². The molecule has 0 aliphatic heterocycles. The van der Waals surface area contributed by atoms with Crippen molar-refractivity contribution in [1.29, 1.82) is 0 Å². The topological polar surface area (TPSA) is 114 Å². The number of carbonyl (C=O) groups excluding carboxylic acids is 1. The minimum absolute atomic E-state index is 0.0849. The molecule has 136 valence electrons. The van der Waals surface area contributed by atoms with Crippen LogP contribution in [0, 0.1) is 24.0 Å². The first kappa shape index (κ1) is 19.4. The van der Waals surface area contributed by atoms with Gasteiger partial charge in [0, 0.05) is 17.7 Å². The van der Waals surface area contributed by atoms with Crippen LogP contribution in [0.5, 0.6) is 11.5 Å². The van der Waals surface area contributed by atoms with E-state index >= 15 is 0 Å². The number of amides is 1. The molecule has 0 aromatic heterocycles. The molecule has 0 aliphatic carbocycles. The predicted octanol–water partition coefficient (Wildman–Crippen LogP) is 3.21. The molecule has 1 amide bonds. The largest absolute Gasteiger partial charge is 0.506 e. The number of hydrazone groups is 1. The highest BCUT2D eigenvalue weighted by Gasteiger charge is 2.13. The molecule has 0 unspecified atom stereocenters. The fourth-order valence-corrected chi connectivity index (χ4v) is 2.58. The van der Waals surface area contributed by atoms with E-state index in [0.29, 0.717) is 5.75 Å². The minimum atomic E-state index is -0.599. The van der Waals surface area contributed by atoms with Crippen molar-refractivity contribution in [1.82, 2.24) is 5.43 Å². The second kappa shape index (κ2) is 8.43. The van der Waals surface area contributed by atoms with Gasteiger partial charge in [0.2, 0.25) is 0 Å². The van der Waals surface area contributed by atoms with Gasteiger partial charge in [0.15, 0.2) is 6.61 Å². The maximum absolute atomic E-state index is 11.8. The Balaban J connectivity index is 1.97. The number of aromatic hydroxyl groups is 1. The molecule has 0 saturated heterocycles. The van der Waals surface area contributed by atoms with Crippen molar-refractivity contribution >= 4 is 33.7 Å². The summed E-state index contributed by atoms with van der Waals surface area (Å²) in [6, 6.07) is 7.90. The summed E-state index contributed by atoms with van der Waals surface area (Å²) < 4.78 is 5.57. The number of nitro groups is 1. The molecule has 0 atom stereocenters. The second-order valence-corrected chi connectivity index (χ2v) is 6.33. The molecule has 0 radical (unpaired) electrons. The number of nitro benzene ring substituents is 1. The van der Waals surface area contributed by atoms with Gasteiger partial charge in [0.1, 0.15) is 11.5 Å².